The van der Waals surface area contributed by atoms with Crippen molar-refractivity contribution in [1.82, 2.24) is 29.3 Å². The normalized spacial score (nSPS) is 11.8. The standard InChI is InChI=1S/C22H22F2N6O2/c1-22(2,3)29(21(31)32)11-13-5-6-15(19(24)18(13)23)20-17-7-8-25-30(17)12-16(27-20)14-9-26-28(4)10-14/h5-10,12H,11H2,1-4H3,(H,31,32). The van der Waals surface area contributed by atoms with Gasteiger partial charge in [-0.3, -0.25) is 9.58 Å². The number of aromatic nitrogens is 5. The molecule has 4 aromatic rings. The molecular formula is C22H22F2N6O2. The van der Waals surface area contributed by atoms with Crippen molar-refractivity contribution in [2.45, 2.75) is 32.9 Å². The number of carboxylic acid groups (broad SMARTS) is 1. The maximum Gasteiger partial charge on any atom is 0.408 e. The van der Waals surface area contributed by atoms with E-state index in [1.165, 1.54) is 12.1 Å². The highest BCUT2D eigenvalue weighted by Crippen LogP contribution is 2.31. The molecule has 0 aliphatic rings. The summed E-state index contributed by atoms with van der Waals surface area (Å²) in [4.78, 5) is 17.2. The summed E-state index contributed by atoms with van der Waals surface area (Å²) in [5.41, 5.74) is 1.04. The zero-order valence-electron chi connectivity index (χ0n) is 18.0. The molecule has 0 saturated carbocycles. The average Bonchev–Trinajstić information content (AvgIpc) is 3.36. The third kappa shape index (κ3) is 3.79. The Balaban J connectivity index is 1.82. The number of rotatable bonds is 4. The molecule has 0 spiro atoms. The smallest absolute Gasteiger partial charge is 0.408 e. The highest BCUT2D eigenvalue weighted by molar-refractivity contribution is 5.79. The van der Waals surface area contributed by atoms with Crippen LogP contribution in [0.15, 0.2) is 43.0 Å². The second-order valence-electron chi connectivity index (χ2n) is 8.48. The zero-order chi connectivity index (χ0) is 23.2. The molecule has 0 bridgehead atoms. The lowest BCUT2D eigenvalue weighted by Crippen LogP contribution is -2.44. The van der Waals surface area contributed by atoms with Gasteiger partial charge < -0.3 is 5.11 Å². The van der Waals surface area contributed by atoms with Crippen LogP contribution in [0.4, 0.5) is 13.6 Å². The molecule has 10 heteroatoms. The molecule has 1 N–H and O–H groups in total. The number of aryl methyl sites for hydroxylation is 1. The zero-order valence-corrected chi connectivity index (χ0v) is 18.0. The third-order valence-corrected chi connectivity index (χ3v) is 5.18. The number of halogens is 2. The van der Waals surface area contributed by atoms with Gasteiger partial charge in [0.15, 0.2) is 11.6 Å². The molecule has 4 rings (SSSR count). The minimum atomic E-state index is -1.21. The van der Waals surface area contributed by atoms with Crippen LogP contribution in [-0.2, 0) is 13.6 Å². The Labute approximate surface area is 182 Å². The SMILES string of the molecule is Cn1cc(-c2cn3nccc3c(-c3ccc(CN(C(=O)O)C(C)(C)C)c(F)c3F)n2)cn1. The summed E-state index contributed by atoms with van der Waals surface area (Å²) in [6.07, 6.45) is 5.40. The lowest BCUT2D eigenvalue weighted by molar-refractivity contribution is 0.0947. The van der Waals surface area contributed by atoms with Crippen molar-refractivity contribution in [3.63, 3.8) is 0 Å². The van der Waals surface area contributed by atoms with Crippen LogP contribution in [0.1, 0.15) is 26.3 Å². The van der Waals surface area contributed by atoms with E-state index in [-0.39, 0.29) is 23.4 Å². The molecule has 1 aromatic carbocycles. The monoisotopic (exact) mass is 440 g/mol. The average molecular weight is 440 g/mol. The summed E-state index contributed by atoms with van der Waals surface area (Å²) in [6.45, 7) is 4.78. The van der Waals surface area contributed by atoms with Crippen molar-refractivity contribution in [1.29, 1.82) is 0 Å². The fourth-order valence-electron chi connectivity index (χ4n) is 3.47. The van der Waals surface area contributed by atoms with Crippen molar-refractivity contribution < 1.29 is 18.7 Å². The van der Waals surface area contributed by atoms with Crippen molar-refractivity contribution in [2.24, 2.45) is 7.05 Å². The van der Waals surface area contributed by atoms with Crippen LogP contribution >= 0.6 is 0 Å². The van der Waals surface area contributed by atoms with Crippen molar-refractivity contribution in [3.05, 3.63) is 60.2 Å². The van der Waals surface area contributed by atoms with E-state index in [1.54, 1.807) is 67.9 Å². The molecular weight excluding hydrogens is 418 g/mol. The van der Waals surface area contributed by atoms with Gasteiger partial charge in [0.2, 0.25) is 0 Å². The van der Waals surface area contributed by atoms with E-state index in [9.17, 15) is 9.90 Å². The Morgan fingerprint density at radius 3 is 2.50 bits per heavy atom. The van der Waals surface area contributed by atoms with Crippen molar-refractivity contribution in [2.75, 3.05) is 0 Å². The van der Waals surface area contributed by atoms with Gasteiger partial charge in [-0.2, -0.15) is 10.2 Å². The Hall–Kier alpha value is -3.82. The van der Waals surface area contributed by atoms with E-state index in [1.807, 2.05) is 0 Å². The molecule has 0 fully saturated rings. The fraction of sp³-hybridized carbons (Fsp3) is 0.273. The maximum atomic E-state index is 15.2. The topological polar surface area (TPSA) is 88.5 Å². The van der Waals surface area contributed by atoms with Gasteiger partial charge in [-0.15, -0.1) is 0 Å². The highest BCUT2D eigenvalue weighted by atomic mass is 19.2. The summed E-state index contributed by atoms with van der Waals surface area (Å²) < 4.78 is 33.5. The second-order valence-corrected chi connectivity index (χ2v) is 8.48. The molecule has 0 aliphatic heterocycles. The van der Waals surface area contributed by atoms with Crippen molar-refractivity contribution in [3.8, 4) is 22.5 Å². The maximum absolute atomic E-state index is 15.2. The van der Waals surface area contributed by atoms with Crippen LogP contribution in [0.2, 0.25) is 0 Å². The lowest BCUT2D eigenvalue weighted by Gasteiger charge is -2.33. The van der Waals surface area contributed by atoms with E-state index < -0.39 is 23.3 Å². The molecule has 0 atom stereocenters. The van der Waals surface area contributed by atoms with E-state index in [2.05, 4.69) is 15.2 Å². The van der Waals surface area contributed by atoms with E-state index in [0.29, 0.717) is 16.8 Å². The predicted octanol–water partition coefficient (Wildman–Crippen LogP) is 4.35. The summed E-state index contributed by atoms with van der Waals surface area (Å²) in [5, 5.41) is 17.8. The van der Waals surface area contributed by atoms with E-state index in [0.717, 1.165) is 4.90 Å². The number of amides is 1. The van der Waals surface area contributed by atoms with Gasteiger partial charge in [-0.25, -0.2) is 23.1 Å². The molecule has 1 amide bonds. The minimum Gasteiger partial charge on any atom is -0.465 e. The van der Waals surface area contributed by atoms with E-state index >= 15 is 8.78 Å². The quantitative estimate of drug-likeness (QED) is 0.510. The van der Waals surface area contributed by atoms with Gasteiger partial charge in [-0.1, -0.05) is 6.07 Å². The molecule has 3 heterocycles. The molecule has 0 radical (unpaired) electrons. The molecule has 32 heavy (non-hydrogen) atoms. The predicted molar refractivity (Wildman–Crippen MR) is 114 cm³/mol. The van der Waals surface area contributed by atoms with Crippen LogP contribution in [0.5, 0.6) is 0 Å². The fourth-order valence-corrected chi connectivity index (χ4v) is 3.47. The van der Waals surface area contributed by atoms with Crippen molar-refractivity contribution >= 4 is 11.6 Å². The number of hydrogen-bond donors (Lipinski definition) is 1. The molecule has 166 valence electrons. The van der Waals surface area contributed by atoms with Gasteiger partial charge in [0.05, 0.1) is 42.0 Å². The number of fused-ring (bicyclic) bond motifs is 1. The number of hydrogen-bond acceptors (Lipinski definition) is 4. The van der Waals surface area contributed by atoms with E-state index in [4.69, 9.17) is 0 Å². The first-order valence-corrected chi connectivity index (χ1v) is 9.87. The highest BCUT2D eigenvalue weighted by Gasteiger charge is 2.28. The number of carbonyl (C=O) groups is 1. The van der Waals surface area contributed by atoms with Crippen LogP contribution in [0.25, 0.3) is 28.0 Å². The molecule has 0 unspecified atom stereocenters. The first kappa shape index (κ1) is 21.4. The summed E-state index contributed by atoms with van der Waals surface area (Å²) in [6, 6.07) is 4.46. The number of benzene rings is 1. The Bertz CT molecular complexity index is 1320. The van der Waals surface area contributed by atoms with Gasteiger partial charge in [0, 0.05) is 35.5 Å². The molecule has 0 aliphatic carbocycles. The largest absolute Gasteiger partial charge is 0.465 e. The first-order valence-electron chi connectivity index (χ1n) is 9.87. The van der Waals surface area contributed by atoms with Gasteiger partial charge >= 0.3 is 6.09 Å². The Morgan fingerprint density at radius 1 is 1.12 bits per heavy atom. The first-order chi connectivity index (χ1) is 15.1. The van der Waals surface area contributed by atoms with Gasteiger partial charge in [-0.05, 0) is 32.9 Å². The van der Waals surface area contributed by atoms with Gasteiger partial charge in [0.25, 0.3) is 0 Å². The van der Waals surface area contributed by atoms with Crippen LogP contribution in [-0.4, -0.2) is 46.0 Å². The van der Waals surface area contributed by atoms with Crippen LogP contribution in [0.3, 0.4) is 0 Å². The lowest BCUT2D eigenvalue weighted by atomic mass is 10.0. The summed E-state index contributed by atoms with van der Waals surface area (Å²) in [7, 11) is 1.77. The van der Waals surface area contributed by atoms with Crippen LogP contribution in [0, 0.1) is 11.6 Å². The van der Waals surface area contributed by atoms with Crippen LogP contribution < -0.4 is 0 Å². The van der Waals surface area contributed by atoms with Gasteiger partial charge in [0.1, 0.15) is 0 Å². The second kappa shape index (κ2) is 7.70. The molecule has 8 nitrogen and oxygen atoms in total. The number of nitrogens with zero attached hydrogens (tertiary/aromatic N) is 6. The Morgan fingerprint density at radius 2 is 1.88 bits per heavy atom. The molecule has 0 saturated heterocycles. The third-order valence-electron chi connectivity index (χ3n) is 5.18. The summed E-state index contributed by atoms with van der Waals surface area (Å²) >= 11 is 0. The molecule has 3 aromatic heterocycles. The Kier molecular flexibility index (Phi) is 5.15. The minimum absolute atomic E-state index is 0.0416. The summed E-state index contributed by atoms with van der Waals surface area (Å²) in [5.74, 6) is -2.20.